The number of aryl methyl sites for hydroxylation is 1. The zero-order valence-electron chi connectivity index (χ0n) is 16.0. The van der Waals surface area contributed by atoms with Crippen LogP contribution in [0.4, 0.5) is 5.69 Å². The van der Waals surface area contributed by atoms with Gasteiger partial charge in [-0.2, -0.15) is 4.31 Å². The van der Waals surface area contributed by atoms with E-state index in [1.165, 1.54) is 29.6 Å². The number of nitrogens with one attached hydrogen (secondary N) is 1. The third kappa shape index (κ3) is 4.60. The Bertz CT molecular complexity index is 990. The van der Waals surface area contributed by atoms with E-state index in [9.17, 15) is 13.2 Å². The average molecular weight is 445 g/mol. The van der Waals surface area contributed by atoms with E-state index < -0.39 is 15.9 Å². The monoisotopic (exact) mass is 444 g/mol. The number of rotatable bonds is 7. The number of amides is 1. The number of sulfonamides is 1. The number of methoxy groups -OCH3 is 1. The van der Waals surface area contributed by atoms with Crippen molar-refractivity contribution in [3.05, 3.63) is 51.5 Å². The summed E-state index contributed by atoms with van der Waals surface area (Å²) in [6.45, 7) is 5.87. The molecular weight excluding hydrogens is 423 g/mol. The molecule has 2 rings (SSSR count). The van der Waals surface area contributed by atoms with Gasteiger partial charge in [0.2, 0.25) is 10.0 Å². The first-order chi connectivity index (χ1) is 13.1. The first kappa shape index (κ1) is 22.5. The van der Waals surface area contributed by atoms with Gasteiger partial charge in [-0.15, -0.1) is 0 Å². The van der Waals surface area contributed by atoms with Crippen LogP contribution >= 0.6 is 23.2 Å². The van der Waals surface area contributed by atoms with Gasteiger partial charge >= 0.3 is 0 Å². The molecule has 9 heteroatoms. The van der Waals surface area contributed by atoms with Crippen molar-refractivity contribution in [2.24, 2.45) is 0 Å². The molecule has 2 aromatic carbocycles. The van der Waals surface area contributed by atoms with E-state index >= 15 is 0 Å². The standard InChI is InChI=1S/C19H22Cl2N2O4S/c1-5-23(6-2)28(25,26)18-10-13(7-8-14(18)20)19(24)22-16-9-12(3)15(21)11-17(16)27-4/h7-11H,5-6H2,1-4H3,(H,22,24). The molecule has 0 bridgehead atoms. The quantitative estimate of drug-likeness (QED) is 0.676. The van der Waals surface area contributed by atoms with Gasteiger partial charge in [-0.25, -0.2) is 8.42 Å². The number of halogens is 2. The van der Waals surface area contributed by atoms with Crippen LogP contribution in [0.5, 0.6) is 5.75 Å². The maximum absolute atomic E-state index is 12.8. The van der Waals surface area contributed by atoms with Crippen LogP contribution in [-0.2, 0) is 10.0 Å². The molecule has 28 heavy (non-hydrogen) atoms. The minimum Gasteiger partial charge on any atom is -0.495 e. The van der Waals surface area contributed by atoms with Crippen molar-refractivity contribution in [2.75, 3.05) is 25.5 Å². The van der Waals surface area contributed by atoms with Gasteiger partial charge in [0.25, 0.3) is 5.91 Å². The number of anilines is 1. The van der Waals surface area contributed by atoms with Crippen molar-refractivity contribution in [3.8, 4) is 5.75 Å². The fourth-order valence-electron chi connectivity index (χ4n) is 2.67. The summed E-state index contributed by atoms with van der Waals surface area (Å²) < 4.78 is 32.1. The number of hydrogen-bond acceptors (Lipinski definition) is 4. The number of carbonyl (C=O) groups excluding carboxylic acids is 1. The van der Waals surface area contributed by atoms with Crippen molar-refractivity contribution in [3.63, 3.8) is 0 Å². The lowest BCUT2D eigenvalue weighted by Crippen LogP contribution is -2.31. The molecule has 0 atom stereocenters. The third-order valence-corrected chi connectivity index (χ3v) is 7.18. The molecule has 0 heterocycles. The van der Waals surface area contributed by atoms with Gasteiger partial charge in [-0.05, 0) is 36.8 Å². The Hall–Kier alpha value is -1.80. The Morgan fingerprint density at radius 1 is 1.11 bits per heavy atom. The zero-order chi connectivity index (χ0) is 21.1. The molecule has 0 aromatic heterocycles. The molecule has 6 nitrogen and oxygen atoms in total. The molecule has 2 aromatic rings. The van der Waals surface area contributed by atoms with Crippen LogP contribution in [0.15, 0.2) is 35.2 Å². The molecule has 0 saturated heterocycles. The van der Waals surface area contributed by atoms with Gasteiger partial charge in [0.15, 0.2) is 0 Å². The summed E-state index contributed by atoms with van der Waals surface area (Å²) in [6.07, 6.45) is 0. The van der Waals surface area contributed by atoms with Crippen LogP contribution in [0.3, 0.4) is 0 Å². The van der Waals surface area contributed by atoms with Crippen molar-refractivity contribution in [1.82, 2.24) is 4.31 Å². The fourth-order valence-corrected chi connectivity index (χ4v) is 4.78. The van der Waals surface area contributed by atoms with Crippen molar-refractivity contribution >= 4 is 44.8 Å². The van der Waals surface area contributed by atoms with Crippen LogP contribution < -0.4 is 10.1 Å². The summed E-state index contributed by atoms with van der Waals surface area (Å²) >= 11 is 12.2. The first-order valence-electron chi connectivity index (χ1n) is 8.60. The normalized spacial score (nSPS) is 11.5. The average Bonchev–Trinajstić information content (AvgIpc) is 2.65. The van der Waals surface area contributed by atoms with Crippen molar-refractivity contribution in [2.45, 2.75) is 25.7 Å². The molecule has 1 N–H and O–H groups in total. The highest BCUT2D eigenvalue weighted by Gasteiger charge is 2.25. The van der Waals surface area contributed by atoms with Gasteiger partial charge in [0.05, 0.1) is 17.8 Å². The number of nitrogens with zero attached hydrogens (tertiary/aromatic N) is 1. The highest BCUT2D eigenvalue weighted by molar-refractivity contribution is 7.89. The predicted octanol–water partition coefficient (Wildman–Crippen LogP) is 4.59. The molecule has 152 valence electrons. The number of benzene rings is 2. The summed E-state index contributed by atoms with van der Waals surface area (Å²) in [5.74, 6) is -0.0958. The van der Waals surface area contributed by atoms with E-state index in [4.69, 9.17) is 27.9 Å². The molecule has 0 fully saturated rings. The number of hydrogen-bond donors (Lipinski definition) is 1. The van der Waals surface area contributed by atoms with Gasteiger partial charge in [-0.1, -0.05) is 37.0 Å². The van der Waals surface area contributed by atoms with Crippen LogP contribution in [0.1, 0.15) is 29.8 Å². The van der Waals surface area contributed by atoms with E-state index in [2.05, 4.69) is 5.32 Å². The summed E-state index contributed by atoms with van der Waals surface area (Å²) in [5.41, 5.74) is 1.35. The van der Waals surface area contributed by atoms with Crippen LogP contribution in [0.2, 0.25) is 10.0 Å². The molecular formula is C19H22Cl2N2O4S. The van der Waals surface area contributed by atoms with E-state index in [0.717, 1.165) is 5.56 Å². The van der Waals surface area contributed by atoms with E-state index in [-0.39, 0.29) is 15.5 Å². The van der Waals surface area contributed by atoms with Gasteiger partial charge in [0, 0.05) is 29.7 Å². The Kier molecular flexibility index (Phi) is 7.33. The van der Waals surface area contributed by atoms with Gasteiger partial charge in [-0.3, -0.25) is 4.79 Å². The largest absolute Gasteiger partial charge is 0.495 e. The maximum atomic E-state index is 12.8. The fraction of sp³-hybridized carbons (Fsp3) is 0.316. The molecule has 0 saturated carbocycles. The van der Waals surface area contributed by atoms with Gasteiger partial charge in [0.1, 0.15) is 10.6 Å². The SMILES string of the molecule is CCN(CC)S(=O)(=O)c1cc(C(=O)Nc2cc(C)c(Cl)cc2OC)ccc1Cl. The van der Waals surface area contributed by atoms with Crippen LogP contribution in [0.25, 0.3) is 0 Å². The predicted molar refractivity (Wildman–Crippen MR) is 112 cm³/mol. The second kappa shape index (κ2) is 9.13. The smallest absolute Gasteiger partial charge is 0.255 e. The third-order valence-electron chi connectivity index (χ3n) is 4.25. The summed E-state index contributed by atoms with van der Waals surface area (Å²) in [6, 6.07) is 7.43. The lowest BCUT2D eigenvalue weighted by Gasteiger charge is -2.19. The first-order valence-corrected chi connectivity index (χ1v) is 10.8. The maximum Gasteiger partial charge on any atom is 0.255 e. The van der Waals surface area contributed by atoms with E-state index in [0.29, 0.717) is 29.5 Å². The Labute approximate surface area is 175 Å². The minimum absolute atomic E-state index is 0.0587. The van der Waals surface area contributed by atoms with Crippen molar-refractivity contribution < 1.29 is 17.9 Å². The Morgan fingerprint density at radius 2 is 1.75 bits per heavy atom. The highest BCUT2D eigenvalue weighted by atomic mass is 35.5. The number of ether oxygens (including phenoxy) is 1. The molecule has 0 unspecified atom stereocenters. The van der Waals surface area contributed by atoms with Crippen LogP contribution in [-0.4, -0.2) is 38.8 Å². The molecule has 1 amide bonds. The summed E-state index contributed by atoms with van der Waals surface area (Å²) in [7, 11) is -2.34. The number of carbonyl (C=O) groups is 1. The second-order valence-electron chi connectivity index (χ2n) is 5.99. The second-order valence-corrected chi connectivity index (χ2v) is 8.71. The Morgan fingerprint density at radius 3 is 2.32 bits per heavy atom. The summed E-state index contributed by atoms with van der Waals surface area (Å²) in [5, 5.41) is 3.29. The molecule has 0 aliphatic heterocycles. The Balaban J connectivity index is 2.42. The topological polar surface area (TPSA) is 75.7 Å². The lowest BCUT2D eigenvalue weighted by molar-refractivity contribution is 0.102. The minimum atomic E-state index is -3.81. The van der Waals surface area contributed by atoms with E-state index in [1.54, 1.807) is 32.9 Å². The molecule has 0 aliphatic rings. The lowest BCUT2D eigenvalue weighted by atomic mass is 10.1. The zero-order valence-corrected chi connectivity index (χ0v) is 18.4. The van der Waals surface area contributed by atoms with E-state index in [1.807, 2.05) is 0 Å². The van der Waals surface area contributed by atoms with Gasteiger partial charge < -0.3 is 10.1 Å². The molecule has 0 aliphatic carbocycles. The summed E-state index contributed by atoms with van der Waals surface area (Å²) in [4.78, 5) is 12.6. The molecule has 0 radical (unpaired) electrons. The van der Waals surface area contributed by atoms with Crippen LogP contribution in [0, 0.1) is 6.92 Å². The van der Waals surface area contributed by atoms with Crippen molar-refractivity contribution in [1.29, 1.82) is 0 Å². The highest BCUT2D eigenvalue weighted by Crippen LogP contribution is 2.32. The molecule has 0 spiro atoms.